The second-order valence-electron chi connectivity index (χ2n) is 2.97. The lowest BCUT2D eigenvalue weighted by Crippen LogP contribution is -1.95. The van der Waals surface area contributed by atoms with Gasteiger partial charge in [-0.25, -0.2) is 0 Å². The van der Waals surface area contributed by atoms with Crippen molar-refractivity contribution in [3.8, 4) is 0 Å². The zero-order chi connectivity index (χ0) is 10.0. The van der Waals surface area contributed by atoms with Gasteiger partial charge in [-0.3, -0.25) is 0 Å². The molecule has 0 radical (unpaired) electrons. The minimum Gasteiger partial charge on any atom is -0.0842 e. The lowest BCUT2D eigenvalue weighted by atomic mass is 10.0. The van der Waals surface area contributed by atoms with Gasteiger partial charge in [0.05, 0.1) is 0 Å². The van der Waals surface area contributed by atoms with Gasteiger partial charge in [0.15, 0.2) is 0 Å². The Labute approximate surface area is 104 Å². The SMILES string of the molecule is CC(Br)c1cccc(Br)c1C(C)Br. The Morgan fingerprint density at radius 3 is 2.08 bits per heavy atom. The molecule has 1 rings (SSSR count). The number of alkyl halides is 2. The van der Waals surface area contributed by atoms with Gasteiger partial charge in [-0.2, -0.15) is 0 Å². The summed E-state index contributed by atoms with van der Waals surface area (Å²) in [6.07, 6.45) is 0. The summed E-state index contributed by atoms with van der Waals surface area (Å²) in [4.78, 5) is 0.762. The molecule has 0 bridgehead atoms. The molecule has 3 heteroatoms. The molecule has 72 valence electrons. The molecule has 0 N–H and O–H groups in total. The zero-order valence-corrected chi connectivity index (χ0v) is 12.3. The van der Waals surface area contributed by atoms with Crippen molar-refractivity contribution in [2.45, 2.75) is 23.5 Å². The predicted molar refractivity (Wildman–Crippen MR) is 68.8 cm³/mol. The standard InChI is InChI=1S/C10H11Br3/c1-6(11)8-4-3-5-9(13)10(8)7(2)12/h3-7H,1-2H3. The van der Waals surface area contributed by atoms with Crippen molar-refractivity contribution in [2.75, 3.05) is 0 Å². The van der Waals surface area contributed by atoms with Crippen molar-refractivity contribution in [2.24, 2.45) is 0 Å². The third kappa shape index (κ3) is 2.80. The molecule has 0 saturated heterocycles. The monoisotopic (exact) mass is 368 g/mol. The van der Waals surface area contributed by atoms with Crippen LogP contribution in [0.2, 0.25) is 0 Å². The molecule has 0 aliphatic carbocycles. The summed E-state index contributed by atoms with van der Waals surface area (Å²) >= 11 is 10.8. The summed E-state index contributed by atoms with van der Waals surface area (Å²) in [5, 5.41) is 0. The Morgan fingerprint density at radius 2 is 1.69 bits per heavy atom. The smallest absolute Gasteiger partial charge is 0.0381 e. The fourth-order valence-electron chi connectivity index (χ4n) is 1.32. The molecule has 0 spiro atoms. The number of rotatable bonds is 2. The zero-order valence-electron chi connectivity index (χ0n) is 7.52. The highest BCUT2D eigenvalue weighted by atomic mass is 79.9. The van der Waals surface area contributed by atoms with Gasteiger partial charge in [0.2, 0.25) is 0 Å². The molecular weight excluding hydrogens is 360 g/mol. The molecule has 13 heavy (non-hydrogen) atoms. The number of halogens is 3. The summed E-state index contributed by atoms with van der Waals surface area (Å²) in [5.74, 6) is 0. The quantitative estimate of drug-likeness (QED) is 0.615. The molecule has 0 aliphatic rings. The van der Waals surface area contributed by atoms with E-state index >= 15 is 0 Å². The lowest BCUT2D eigenvalue weighted by Gasteiger charge is -2.15. The van der Waals surface area contributed by atoms with Gasteiger partial charge in [0.1, 0.15) is 0 Å². The number of benzene rings is 1. The predicted octanol–water partition coefficient (Wildman–Crippen LogP) is 5.36. The van der Waals surface area contributed by atoms with Gasteiger partial charge >= 0.3 is 0 Å². The molecule has 2 atom stereocenters. The normalized spacial score (nSPS) is 15.5. The van der Waals surface area contributed by atoms with E-state index < -0.39 is 0 Å². The second kappa shape index (κ2) is 4.94. The first-order valence-electron chi connectivity index (χ1n) is 4.10. The highest BCUT2D eigenvalue weighted by Crippen LogP contribution is 2.37. The van der Waals surface area contributed by atoms with E-state index in [2.05, 4.69) is 79.8 Å². The largest absolute Gasteiger partial charge is 0.0842 e. The number of hydrogen-bond acceptors (Lipinski definition) is 0. The third-order valence-corrected chi connectivity index (χ3v) is 3.56. The molecule has 0 heterocycles. The van der Waals surface area contributed by atoms with Crippen LogP contribution in [0.15, 0.2) is 22.7 Å². The van der Waals surface area contributed by atoms with Crippen LogP contribution in [0, 0.1) is 0 Å². The van der Waals surface area contributed by atoms with E-state index in [1.54, 1.807) is 0 Å². The average molecular weight is 371 g/mol. The summed E-state index contributed by atoms with van der Waals surface area (Å²) < 4.78 is 1.17. The van der Waals surface area contributed by atoms with Crippen molar-refractivity contribution >= 4 is 47.8 Å². The van der Waals surface area contributed by atoms with Crippen LogP contribution < -0.4 is 0 Å². The summed E-state index contributed by atoms with van der Waals surface area (Å²) in [5.41, 5.74) is 2.66. The van der Waals surface area contributed by atoms with Crippen LogP contribution in [0.1, 0.15) is 34.6 Å². The molecule has 1 aromatic rings. The minimum absolute atomic E-state index is 0.373. The topological polar surface area (TPSA) is 0 Å². The minimum atomic E-state index is 0.373. The Kier molecular flexibility index (Phi) is 4.46. The fourth-order valence-corrected chi connectivity index (χ4v) is 3.26. The van der Waals surface area contributed by atoms with Gasteiger partial charge in [-0.1, -0.05) is 59.9 Å². The van der Waals surface area contributed by atoms with Crippen molar-refractivity contribution < 1.29 is 0 Å². The van der Waals surface area contributed by atoms with Crippen LogP contribution in [-0.2, 0) is 0 Å². The molecular formula is C10H11Br3. The number of hydrogen-bond donors (Lipinski definition) is 0. The first-order chi connectivity index (χ1) is 6.04. The maximum absolute atomic E-state index is 3.60. The van der Waals surface area contributed by atoms with E-state index in [-0.39, 0.29) is 0 Å². The molecule has 0 aromatic heterocycles. The molecule has 2 unspecified atom stereocenters. The molecule has 0 saturated carbocycles. The van der Waals surface area contributed by atoms with E-state index in [4.69, 9.17) is 0 Å². The Bertz CT molecular complexity index is 292. The van der Waals surface area contributed by atoms with E-state index in [1.165, 1.54) is 15.6 Å². The fraction of sp³-hybridized carbons (Fsp3) is 0.400. The first kappa shape index (κ1) is 11.7. The van der Waals surface area contributed by atoms with Crippen molar-refractivity contribution in [3.05, 3.63) is 33.8 Å². The van der Waals surface area contributed by atoms with Gasteiger partial charge in [0, 0.05) is 14.1 Å². The molecule has 0 amide bonds. The molecule has 0 aliphatic heterocycles. The Morgan fingerprint density at radius 1 is 1.08 bits per heavy atom. The van der Waals surface area contributed by atoms with E-state index in [9.17, 15) is 0 Å². The van der Waals surface area contributed by atoms with Crippen LogP contribution in [0.4, 0.5) is 0 Å². The maximum atomic E-state index is 3.60. The average Bonchev–Trinajstić information content (AvgIpc) is 2.02. The highest BCUT2D eigenvalue weighted by molar-refractivity contribution is 9.11. The summed E-state index contributed by atoms with van der Waals surface area (Å²) in [6.45, 7) is 4.28. The van der Waals surface area contributed by atoms with Crippen LogP contribution in [0.3, 0.4) is 0 Å². The molecule has 0 fully saturated rings. The van der Waals surface area contributed by atoms with Crippen molar-refractivity contribution in [1.29, 1.82) is 0 Å². The Hall–Kier alpha value is 0.660. The lowest BCUT2D eigenvalue weighted by molar-refractivity contribution is 1.01. The van der Waals surface area contributed by atoms with E-state index in [1.807, 2.05) is 0 Å². The van der Waals surface area contributed by atoms with Crippen molar-refractivity contribution in [1.82, 2.24) is 0 Å². The van der Waals surface area contributed by atoms with E-state index in [0.717, 1.165) is 0 Å². The molecule has 1 aromatic carbocycles. The van der Waals surface area contributed by atoms with Crippen LogP contribution in [-0.4, -0.2) is 0 Å². The van der Waals surface area contributed by atoms with Crippen LogP contribution in [0.25, 0.3) is 0 Å². The summed E-state index contributed by atoms with van der Waals surface area (Å²) in [7, 11) is 0. The summed E-state index contributed by atoms with van der Waals surface area (Å²) in [6, 6.07) is 6.29. The van der Waals surface area contributed by atoms with Gasteiger partial charge < -0.3 is 0 Å². The van der Waals surface area contributed by atoms with Crippen molar-refractivity contribution in [3.63, 3.8) is 0 Å². The third-order valence-electron chi connectivity index (χ3n) is 1.91. The Balaban J connectivity index is 3.26. The van der Waals surface area contributed by atoms with Crippen LogP contribution >= 0.6 is 47.8 Å². The maximum Gasteiger partial charge on any atom is 0.0381 e. The molecule has 0 nitrogen and oxygen atoms in total. The highest BCUT2D eigenvalue weighted by Gasteiger charge is 2.14. The van der Waals surface area contributed by atoms with Gasteiger partial charge in [-0.15, -0.1) is 0 Å². The van der Waals surface area contributed by atoms with E-state index in [0.29, 0.717) is 9.65 Å². The second-order valence-corrected chi connectivity index (χ2v) is 6.58. The van der Waals surface area contributed by atoms with Gasteiger partial charge in [0.25, 0.3) is 0 Å². The van der Waals surface area contributed by atoms with Gasteiger partial charge in [-0.05, 0) is 31.0 Å². The first-order valence-corrected chi connectivity index (χ1v) is 6.73. The van der Waals surface area contributed by atoms with Crippen LogP contribution in [0.5, 0.6) is 0 Å².